The van der Waals surface area contributed by atoms with Crippen LogP contribution in [0.4, 0.5) is 5.82 Å². The van der Waals surface area contributed by atoms with Crippen LogP contribution in [0.2, 0.25) is 0 Å². The van der Waals surface area contributed by atoms with E-state index in [1.165, 1.54) is 12.7 Å². The Morgan fingerprint density at radius 3 is 2.69 bits per heavy atom. The molecule has 1 aliphatic rings. The fraction of sp³-hybridized carbons (Fsp3) is 0.429. The first kappa shape index (κ1) is 22.1. The average molecular weight is 442 g/mol. The molecule has 1 aliphatic heterocycles. The van der Waals surface area contributed by atoms with Crippen molar-refractivity contribution in [1.29, 1.82) is 0 Å². The van der Waals surface area contributed by atoms with Gasteiger partial charge in [0.1, 0.15) is 35.7 Å². The maximum absolute atomic E-state index is 12.7. The van der Waals surface area contributed by atoms with E-state index in [0.717, 1.165) is 5.56 Å². The summed E-state index contributed by atoms with van der Waals surface area (Å²) in [5.41, 5.74) is 13.6. The highest BCUT2D eigenvalue weighted by molar-refractivity contribution is 5.84. The lowest BCUT2D eigenvalue weighted by molar-refractivity contribution is -0.120. The molecule has 7 N–H and O–H groups in total. The van der Waals surface area contributed by atoms with Crippen molar-refractivity contribution in [2.24, 2.45) is 11.7 Å². The average Bonchev–Trinajstić information content (AvgIpc) is 3.35. The Balaban J connectivity index is 1.48. The fourth-order valence-corrected chi connectivity index (χ4v) is 4.09. The second kappa shape index (κ2) is 9.17. The number of ketones is 1. The van der Waals surface area contributed by atoms with E-state index in [-0.39, 0.29) is 30.4 Å². The number of aliphatic hydroxyl groups excluding tert-OH is 2. The molecule has 3 unspecified atom stereocenters. The van der Waals surface area contributed by atoms with E-state index in [2.05, 4.69) is 15.0 Å². The maximum atomic E-state index is 12.7. The number of nitrogens with zero attached hydrogens (tertiary/aromatic N) is 4. The highest BCUT2D eigenvalue weighted by Crippen LogP contribution is 2.39. The topological polar surface area (TPSA) is 183 Å². The summed E-state index contributed by atoms with van der Waals surface area (Å²) in [6, 6.07) is 5.81. The number of phenols is 1. The molecule has 3 aromatic rings. The molecule has 32 heavy (non-hydrogen) atoms. The summed E-state index contributed by atoms with van der Waals surface area (Å²) in [7, 11) is 0. The summed E-state index contributed by atoms with van der Waals surface area (Å²) >= 11 is 0. The summed E-state index contributed by atoms with van der Waals surface area (Å²) in [6.45, 7) is -0.369. The molecule has 2 aromatic heterocycles. The van der Waals surface area contributed by atoms with E-state index in [1.807, 2.05) is 0 Å². The number of phenolic OH excluding ortho intramolecular Hbond substituents is 1. The van der Waals surface area contributed by atoms with Gasteiger partial charge in [-0.3, -0.25) is 9.36 Å². The van der Waals surface area contributed by atoms with Crippen molar-refractivity contribution in [2.75, 3.05) is 12.3 Å². The van der Waals surface area contributed by atoms with Gasteiger partial charge in [0.05, 0.1) is 25.1 Å². The van der Waals surface area contributed by atoms with Gasteiger partial charge in [-0.15, -0.1) is 0 Å². The van der Waals surface area contributed by atoms with Crippen molar-refractivity contribution < 1.29 is 24.9 Å². The first-order valence-electron chi connectivity index (χ1n) is 10.3. The molecule has 0 amide bonds. The number of rotatable bonds is 8. The van der Waals surface area contributed by atoms with Crippen LogP contribution in [0, 0.1) is 5.92 Å². The number of aliphatic hydroxyl groups is 2. The minimum Gasteiger partial charge on any atom is -0.508 e. The molecule has 1 aromatic carbocycles. The van der Waals surface area contributed by atoms with Crippen LogP contribution in [0.1, 0.15) is 24.6 Å². The number of fused-ring (bicyclic) bond motifs is 1. The van der Waals surface area contributed by atoms with Gasteiger partial charge < -0.3 is 31.5 Å². The number of ether oxygens (including phenoxy) is 1. The number of aromatic nitrogens is 4. The summed E-state index contributed by atoms with van der Waals surface area (Å²) in [6.07, 6.45) is 1.10. The predicted octanol–water partition coefficient (Wildman–Crippen LogP) is -0.0998. The molecular weight excluding hydrogens is 416 g/mol. The zero-order valence-corrected chi connectivity index (χ0v) is 17.3. The molecule has 11 heteroatoms. The second-order valence-corrected chi connectivity index (χ2v) is 7.97. The molecule has 5 atom stereocenters. The Kier molecular flexibility index (Phi) is 6.33. The molecule has 4 rings (SSSR count). The normalized spacial score (nSPS) is 24.1. The number of carbonyl (C=O) groups excluding carboxylic acids is 1. The van der Waals surface area contributed by atoms with Gasteiger partial charge in [-0.05, 0) is 30.5 Å². The SMILES string of the molecule is Nc1ncnc2c1ncn2[C@@H]1O[C@H](CO)C(O)C1CCC(=O)C(N)Cc1ccc(O)cc1. The quantitative estimate of drug-likeness (QED) is 0.316. The van der Waals surface area contributed by atoms with Crippen molar-refractivity contribution in [3.63, 3.8) is 0 Å². The van der Waals surface area contributed by atoms with Crippen LogP contribution < -0.4 is 11.5 Å². The Labute approximate surface area is 183 Å². The number of nitrogen functional groups attached to an aromatic ring is 1. The monoisotopic (exact) mass is 442 g/mol. The molecule has 0 aliphatic carbocycles. The van der Waals surface area contributed by atoms with Crippen molar-refractivity contribution in [2.45, 2.75) is 43.7 Å². The highest BCUT2D eigenvalue weighted by atomic mass is 16.5. The molecule has 3 heterocycles. The molecule has 1 saturated heterocycles. The van der Waals surface area contributed by atoms with Crippen LogP contribution in [0.25, 0.3) is 11.2 Å². The molecule has 0 bridgehead atoms. The summed E-state index contributed by atoms with van der Waals surface area (Å²) in [5.74, 6) is -0.283. The second-order valence-electron chi connectivity index (χ2n) is 7.97. The third-order valence-electron chi connectivity index (χ3n) is 5.87. The molecule has 1 fully saturated rings. The largest absolute Gasteiger partial charge is 0.508 e. The lowest BCUT2D eigenvalue weighted by Crippen LogP contribution is -2.34. The first-order valence-corrected chi connectivity index (χ1v) is 10.3. The number of hydrogen-bond donors (Lipinski definition) is 5. The number of carbonyl (C=O) groups is 1. The van der Waals surface area contributed by atoms with Crippen LogP contribution in [0.15, 0.2) is 36.9 Å². The van der Waals surface area contributed by atoms with E-state index < -0.39 is 30.4 Å². The summed E-state index contributed by atoms with van der Waals surface area (Å²) in [5, 5.41) is 29.7. The highest BCUT2D eigenvalue weighted by Gasteiger charge is 2.44. The van der Waals surface area contributed by atoms with Crippen molar-refractivity contribution in [3.8, 4) is 5.75 Å². The standard InChI is InChI=1S/C21H26N6O5/c22-14(7-11-1-3-12(29)4-2-11)15(30)6-5-13-18(31)16(8-28)32-21(13)27-10-26-17-19(23)24-9-25-20(17)27/h1-4,9-10,13-14,16,18,21,28-29,31H,5-8,22H2,(H2,23,24,25)/t13?,14?,16-,18?,21-/m1/s1. The molecule has 0 spiro atoms. The zero-order chi connectivity index (χ0) is 22.8. The molecule has 0 saturated carbocycles. The molecular formula is C21H26N6O5. The minimum absolute atomic E-state index is 0.128. The van der Waals surface area contributed by atoms with Gasteiger partial charge in [-0.25, -0.2) is 15.0 Å². The van der Waals surface area contributed by atoms with Gasteiger partial charge in [0.2, 0.25) is 0 Å². The number of aromatic hydroxyl groups is 1. The number of nitrogens with two attached hydrogens (primary N) is 2. The fourth-order valence-electron chi connectivity index (χ4n) is 4.09. The Morgan fingerprint density at radius 2 is 1.97 bits per heavy atom. The van der Waals surface area contributed by atoms with Crippen LogP contribution in [-0.4, -0.2) is 65.5 Å². The van der Waals surface area contributed by atoms with Crippen LogP contribution in [-0.2, 0) is 16.0 Å². The smallest absolute Gasteiger partial charge is 0.167 e. The molecule has 170 valence electrons. The van der Waals surface area contributed by atoms with Gasteiger partial charge in [0, 0.05) is 12.3 Å². The third kappa shape index (κ3) is 4.28. The van der Waals surface area contributed by atoms with Gasteiger partial charge in [0.25, 0.3) is 0 Å². The maximum Gasteiger partial charge on any atom is 0.167 e. The Bertz CT molecular complexity index is 1090. The van der Waals surface area contributed by atoms with Crippen LogP contribution in [0.5, 0.6) is 5.75 Å². The lowest BCUT2D eigenvalue weighted by Gasteiger charge is -2.22. The number of imidazole rings is 1. The van der Waals surface area contributed by atoms with Crippen LogP contribution >= 0.6 is 0 Å². The lowest BCUT2D eigenvalue weighted by atomic mass is 9.91. The van der Waals surface area contributed by atoms with Crippen LogP contribution in [0.3, 0.4) is 0 Å². The van der Waals surface area contributed by atoms with Gasteiger partial charge >= 0.3 is 0 Å². The van der Waals surface area contributed by atoms with Crippen molar-refractivity contribution in [1.82, 2.24) is 19.5 Å². The van der Waals surface area contributed by atoms with E-state index in [0.29, 0.717) is 24.0 Å². The van der Waals surface area contributed by atoms with E-state index in [4.69, 9.17) is 16.2 Å². The zero-order valence-electron chi connectivity index (χ0n) is 17.3. The number of Topliss-reactive ketones (excluding diaryl/α,β-unsaturated/α-hetero) is 1. The van der Waals surface area contributed by atoms with Gasteiger partial charge in [0.15, 0.2) is 11.5 Å². The first-order chi connectivity index (χ1) is 15.4. The Hall–Kier alpha value is -3.12. The number of benzene rings is 1. The molecule has 11 nitrogen and oxygen atoms in total. The third-order valence-corrected chi connectivity index (χ3v) is 5.87. The van der Waals surface area contributed by atoms with E-state index in [1.54, 1.807) is 28.8 Å². The summed E-state index contributed by atoms with van der Waals surface area (Å²) < 4.78 is 7.52. The summed E-state index contributed by atoms with van der Waals surface area (Å²) in [4.78, 5) is 25.0. The Morgan fingerprint density at radius 1 is 1.22 bits per heavy atom. The number of hydrogen-bond acceptors (Lipinski definition) is 10. The number of anilines is 1. The van der Waals surface area contributed by atoms with Crippen molar-refractivity contribution in [3.05, 3.63) is 42.5 Å². The van der Waals surface area contributed by atoms with E-state index >= 15 is 0 Å². The molecule has 0 radical (unpaired) electrons. The van der Waals surface area contributed by atoms with E-state index in [9.17, 15) is 20.1 Å². The predicted molar refractivity (Wildman–Crippen MR) is 114 cm³/mol. The van der Waals surface area contributed by atoms with Gasteiger partial charge in [-0.1, -0.05) is 12.1 Å². The minimum atomic E-state index is -0.984. The van der Waals surface area contributed by atoms with Gasteiger partial charge in [-0.2, -0.15) is 0 Å². The van der Waals surface area contributed by atoms with Crippen molar-refractivity contribution >= 4 is 22.8 Å².